The molecule has 204 valence electrons. The first-order valence-electron chi connectivity index (χ1n) is 13.1. The van der Waals surface area contributed by atoms with Gasteiger partial charge in [-0.3, -0.25) is 5.01 Å². The molecular formula is C29H39Br2N7. The molecule has 7 nitrogen and oxygen atoms in total. The normalized spacial score (nSPS) is 10.8. The minimum atomic E-state index is 0. The summed E-state index contributed by atoms with van der Waals surface area (Å²) in [7, 11) is 1.97. The lowest BCUT2D eigenvalue weighted by atomic mass is 10.2. The Morgan fingerprint density at radius 2 is 1.47 bits per heavy atom. The van der Waals surface area contributed by atoms with Gasteiger partial charge in [0.2, 0.25) is 6.33 Å². The molecule has 3 heterocycles. The van der Waals surface area contributed by atoms with Crippen molar-refractivity contribution in [3.63, 3.8) is 0 Å². The molecule has 0 bridgehead atoms. The number of benzene rings is 1. The Morgan fingerprint density at radius 3 is 2.16 bits per heavy atom. The summed E-state index contributed by atoms with van der Waals surface area (Å²) < 4.78 is 9.03. The molecule has 4 rings (SSSR count). The monoisotopic (exact) mass is 643 g/mol. The fraction of sp³-hybridized carbons (Fsp3) is 0.379. The van der Waals surface area contributed by atoms with E-state index in [4.69, 9.17) is 0 Å². The molecular weight excluding hydrogens is 606 g/mol. The van der Waals surface area contributed by atoms with Crippen LogP contribution in [0, 0.1) is 0 Å². The summed E-state index contributed by atoms with van der Waals surface area (Å²) in [5.41, 5.74) is 2.18. The average Bonchev–Trinajstić information content (AvgIpc) is 3.61. The first-order valence-corrected chi connectivity index (χ1v) is 13.1. The second-order valence-electron chi connectivity index (χ2n) is 9.28. The molecule has 0 radical (unpaired) electrons. The van der Waals surface area contributed by atoms with E-state index in [2.05, 4.69) is 83.7 Å². The summed E-state index contributed by atoms with van der Waals surface area (Å²) in [6.07, 6.45) is 25.9. The van der Waals surface area contributed by atoms with Crippen molar-refractivity contribution in [2.75, 3.05) is 12.1 Å². The van der Waals surface area contributed by atoms with Gasteiger partial charge in [0.05, 0.1) is 31.3 Å². The highest BCUT2D eigenvalue weighted by Crippen LogP contribution is 2.11. The van der Waals surface area contributed by atoms with Gasteiger partial charge in [0, 0.05) is 50.1 Å². The van der Waals surface area contributed by atoms with Crippen molar-refractivity contribution >= 4 is 11.9 Å². The van der Waals surface area contributed by atoms with Crippen LogP contribution in [0.1, 0.15) is 44.1 Å². The second kappa shape index (κ2) is 17.7. The number of pyridine rings is 1. The Balaban J connectivity index is 0.00000253. The second-order valence-corrected chi connectivity index (χ2v) is 9.28. The van der Waals surface area contributed by atoms with Gasteiger partial charge in [0.25, 0.3) is 0 Å². The van der Waals surface area contributed by atoms with Crippen LogP contribution >= 0.6 is 0 Å². The number of nitrogens with zero attached hydrogens (tertiary/aromatic N) is 7. The van der Waals surface area contributed by atoms with Gasteiger partial charge in [0.15, 0.2) is 12.4 Å². The summed E-state index contributed by atoms with van der Waals surface area (Å²) in [6, 6.07) is 14.4. The summed E-state index contributed by atoms with van der Waals surface area (Å²) in [4.78, 5) is 4.09. The molecule has 0 fully saturated rings. The van der Waals surface area contributed by atoms with Crippen molar-refractivity contribution in [2.45, 2.75) is 64.7 Å². The van der Waals surface area contributed by atoms with E-state index in [1.54, 1.807) is 0 Å². The molecule has 1 aromatic carbocycles. The standard InChI is InChI=1S/C29H39N7.2BrH/c1-32(29-11-5-4-6-12-29)31-25-28-13-20-33(21-14-28)16-7-2-3-8-18-35-23-24-36(27-35)19-10-9-17-34-22-15-30-26-34;;/h4-6,11-15,20-27H,2-3,7-10,16-19H2,1H3;2*1H/q+2;;/p-2. The Bertz CT molecular complexity index is 1160. The summed E-state index contributed by atoms with van der Waals surface area (Å²) in [6.45, 7) is 4.28. The molecule has 0 atom stereocenters. The van der Waals surface area contributed by atoms with Crippen molar-refractivity contribution < 1.29 is 43.1 Å². The number of para-hydroxylation sites is 1. The fourth-order valence-corrected chi connectivity index (χ4v) is 4.22. The molecule has 0 unspecified atom stereocenters. The van der Waals surface area contributed by atoms with E-state index < -0.39 is 0 Å². The van der Waals surface area contributed by atoms with Crippen LogP contribution in [-0.4, -0.2) is 27.4 Å². The minimum Gasteiger partial charge on any atom is -1.00 e. The Morgan fingerprint density at radius 1 is 0.789 bits per heavy atom. The highest BCUT2D eigenvalue weighted by atomic mass is 79.9. The van der Waals surface area contributed by atoms with Gasteiger partial charge in [-0.2, -0.15) is 5.10 Å². The van der Waals surface area contributed by atoms with E-state index in [0.717, 1.165) is 37.4 Å². The van der Waals surface area contributed by atoms with E-state index in [1.807, 2.05) is 55.2 Å². The third-order valence-corrected chi connectivity index (χ3v) is 6.40. The van der Waals surface area contributed by atoms with Crippen LogP contribution in [0.3, 0.4) is 0 Å². The number of hydrogen-bond acceptors (Lipinski definition) is 3. The first kappa shape index (κ1) is 31.4. The Labute approximate surface area is 248 Å². The number of unbranched alkanes of at least 4 members (excludes halogenated alkanes) is 4. The molecule has 0 aliphatic carbocycles. The molecule has 0 aliphatic heterocycles. The van der Waals surface area contributed by atoms with E-state index in [9.17, 15) is 0 Å². The Hall–Kier alpha value is -2.78. The highest BCUT2D eigenvalue weighted by Gasteiger charge is 2.05. The van der Waals surface area contributed by atoms with Crippen LogP contribution in [0.4, 0.5) is 5.69 Å². The van der Waals surface area contributed by atoms with Crippen LogP contribution in [0.5, 0.6) is 0 Å². The molecule has 0 saturated heterocycles. The largest absolute Gasteiger partial charge is 1.00 e. The SMILES string of the molecule is CN(N=Cc1cc[n+](CCCCCC[n+]2ccn(CCCCn3ccnc3)c2)cc1)c1ccccc1.[Br-].[Br-]. The van der Waals surface area contributed by atoms with Crippen LogP contribution < -0.4 is 48.1 Å². The van der Waals surface area contributed by atoms with Crippen molar-refractivity contribution in [3.8, 4) is 0 Å². The van der Waals surface area contributed by atoms with Crippen molar-refractivity contribution in [1.29, 1.82) is 0 Å². The lowest BCUT2D eigenvalue weighted by molar-refractivity contribution is -0.698. The molecule has 0 saturated carbocycles. The molecule has 3 aromatic heterocycles. The number of rotatable bonds is 15. The Kier molecular flexibility index (Phi) is 14.6. The van der Waals surface area contributed by atoms with Gasteiger partial charge in [-0.25, -0.2) is 18.7 Å². The number of halogens is 2. The predicted molar refractivity (Wildman–Crippen MR) is 144 cm³/mol. The van der Waals surface area contributed by atoms with E-state index in [0.29, 0.717) is 0 Å². The zero-order valence-corrected chi connectivity index (χ0v) is 25.4. The molecule has 38 heavy (non-hydrogen) atoms. The molecule has 0 amide bonds. The zero-order valence-electron chi connectivity index (χ0n) is 22.2. The van der Waals surface area contributed by atoms with Gasteiger partial charge in [0.1, 0.15) is 18.9 Å². The van der Waals surface area contributed by atoms with Crippen molar-refractivity contribution in [2.24, 2.45) is 5.10 Å². The molecule has 9 heteroatoms. The third kappa shape index (κ3) is 10.9. The third-order valence-electron chi connectivity index (χ3n) is 6.40. The van der Waals surface area contributed by atoms with Crippen molar-refractivity contribution in [3.05, 3.63) is 97.9 Å². The predicted octanol–water partition coefficient (Wildman–Crippen LogP) is -1.52. The summed E-state index contributed by atoms with van der Waals surface area (Å²) in [5.74, 6) is 0. The highest BCUT2D eigenvalue weighted by molar-refractivity contribution is 5.79. The van der Waals surface area contributed by atoms with Crippen LogP contribution in [0.25, 0.3) is 0 Å². The first-order chi connectivity index (χ1) is 17.8. The molecule has 0 N–H and O–H groups in total. The number of anilines is 1. The number of aryl methyl sites for hydroxylation is 4. The topological polar surface area (TPSA) is 46.1 Å². The number of aromatic nitrogens is 5. The smallest absolute Gasteiger partial charge is 0.243 e. The minimum absolute atomic E-state index is 0. The van der Waals surface area contributed by atoms with Gasteiger partial charge >= 0.3 is 0 Å². The maximum atomic E-state index is 4.54. The lowest BCUT2D eigenvalue weighted by Gasteiger charge is -2.11. The van der Waals surface area contributed by atoms with Gasteiger partial charge in [-0.1, -0.05) is 18.2 Å². The average molecular weight is 645 g/mol. The number of hydrogen-bond donors (Lipinski definition) is 0. The number of hydrazone groups is 1. The van der Waals surface area contributed by atoms with Gasteiger partial charge < -0.3 is 38.5 Å². The van der Waals surface area contributed by atoms with Crippen LogP contribution in [0.2, 0.25) is 0 Å². The maximum absolute atomic E-state index is 4.54. The molecule has 4 aromatic rings. The summed E-state index contributed by atoms with van der Waals surface area (Å²) >= 11 is 0. The van der Waals surface area contributed by atoms with Crippen LogP contribution in [0.15, 0.2) is 97.4 Å². The summed E-state index contributed by atoms with van der Waals surface area (Å²) in [5, 5.41) is 6.43. The lowest BCUT2D eigenvalue weighted by Crippen LogP contribution is -3.00. The van der Waals surface area contributed by atoms with Gasteiger partial charge in [-0.15, -0.1) is 0 Å². The zero-order chi connectivity index (χ0) is 24.8. The maximum Gasteiger partial charge on any atom is 0.243 e. The fourth-order valence-electron chi connectivity index (χ4n) is 4.22. The molecule has 0 spiro atoms. The van der Waals surface area contributed by atoms with E-state index >= 15 is 0 Å². The number of imidazole rings is 2. The quantitative estimate of drug-likeness (QED) is 0.0684. The molecule has 0 aliphatic rings. The van der Waals surface area contributed by atoms with Crippen molar-refractivity contribution in [1.82, 2.24) is 14.1 Å². The van der Waals surface area contributed by atoms with Crippen LogP contribution in [-0.2, 0) is 26.2 Å². The van der Waals surface area contributed by atoms with Gasteiger partial charge in [-0.05, 0) is 44.2 Å². The van der Waals surface area contributed by atoms with E-state index in [-0.39, 0.29) is 34.0 Å². The van der Waals surface area contributed by atoms with E-state index in [1.165, 1.54) is 38.5 Å².